The predicted octanol–water partition coefficient (Wildman–Crippen LogP) is 2.99. The van der Waals surface area contributed by atoms with Crippen LogP contribution in [0.2, 0.25) is 0 Å². The highest BCUT2D eigenvalue weighted by atomic mass is 16.5. The van der Waals surface area contributed by atoms with Crippen molar-refractivity contribution >= 4 is 23.2 Å². The van der Waals surface area contributed by atoms with Gasteiger partial charge >= 0.3 is 0 Å². The predicted molar refractivity (Wildman–Crippen MR) is 111 cm³/mol. The molecular formula is C21H25N3O5. The molecule has 2 rings (SSSR count). The Morgan fingerprint density at radius 1 is 0.897 bits per heavy atom. The largest absolute Gasteiger partial charge is 0.497 e. The first kappa shape index (κ1) is 21.7. The second kappa shape index (κ2) is 11.3. The minimum absolute atomic E-state index is 0.0484. The second-order valence-electron chi connectivity index (χ2n) is 6.03. The molecule has 0 aliphatic carbocycles. The summed E-state index contributed by atoms with van der Waals surface area (Å²) >= 11 is 0. The highest BCUT2D eigenvalue weighted by Crippen LogP contribution is 2.17. The van der Waals surface area contributed by atoms with E-state index in [2.05, 4.69) is 15.8 Å². The third kappa shape index (κ3) is 7.92. The number of anilines is 1. The fourth-order valence-electron chi connectivity index (χ4n) is 2.29. The van der Waals surface area contributed by atoms with E-state index in [1.165, 1.54) is 0 Å². The van der Waals surface area contributed by atoms with Crippen molar-refractivity contribution in [1.82, 2.24) is 5.43 Å². The molecule has 0 heterocycles. The van der Waals surface area contributed by atoms with E-state index in [-0.39, 0.29) is 18.9 Å². The topological polar surface area (TPSA) is 98.2 Å². The number of nitrogens with zero attached hydrogens (tertiary/aromatic N) is 1. The molecule has 2 aromatic rings. The lowest BCUT2D eigenvalue weighted by Gasteiger charge is -2.08. The van der Waals surface area contributed by atoms with Gasteiger partial charge in [0, 0.05) is 11.4 Å². The van der Waals surface area contributed by atoms with E-state index in [1.54, 1.807) is 62.6 Å². The minimum atomic E-state index is -0.424. The molecule has 154 valence electrons. The SMILES string of the molecule is CCOc1ccc(NC(=O)CC(C)=NNC(=O)COc2ccc(OC)cc2)cc1. The number of hydrogen-bond acceptors (Lipinski definition) is 6. The van der Waals surface area contributed by atoms with Crippen LogP contribution in [-0.2, 0) is 9.59 Å². The maximum atomic E-state index is 12.1. The molecule has 2 amide bonds. The van der Waals surface area contributed by atoms with Gasteiger partial charge < -0.3 is 19.5 Å². The lowest BCUT2D eigenvalue weighted by molar-refractivity contribution is -0.123. The molecule has 0 radical (unpaired) electrons. The molecule has 0 saturated heterocycles. The molecule has 0 fully saturated rings. The average Bonchev–Trinajstić information content (AvgIpc) is 2.72. The summed E-state index contributed by atoms with van der Waals surface area (Å²) in [4.78, 5) is 23.9. The van der Waals surface area contributed by atoms with Gasteiger partial charge in [0.05, 0.1) is 20.1 Å². The standard InChI is InChI=1S/C21H25N3O5/c1-4-28-18-7-5-16(6-8-18)22-20(25)13-15(2)23-24-21(26)14-29-19-11-9-17(27-3)10-12-19/h5-12H,4,13-14H2,1-3H3,(H,22,25)(H,24,26). The molecule has 8 nitrogen and oxygen atoms in total. The third-order valence-electron chi connectivity index (χ3n) is 3.67. The van der Waals surface area contributed by atoms with Gasteiger partial charge in [-0.2, -0.15) is 5.10 Å². The summed E-state index contributed by atoms with van der Waals surface area (Å²) in [5, 5.41) is 6.68. The minimum Gasteiger partial charge on any atom is -0.497 e. The van der Waals surface area contributed by atoms with Gasteiger partial charge in [0.25, 0.3) is 5.91 Å². The van der Waals surface area contributed by atoms with E-state index in [1.807, 2.05) is 6.92 Å². The summed E-state index contributed by atoms with van der Waals surface area (Å²) in [5.74, 6) is 1.32. The lowest BCUT2D eigenvalue weighted by Crippen LogP contribution is -2.26. The van der Waals surface area contributed by atoms with Crippen molar-refractivity contribution in [2.75, 3.05) is 25.6 Å². The van der Waals surface area contributed by atoms with E-state index in [0.29, 0.717) is 29.5 Å². The first-order chi connectivity index (χ1) is 14.0. The maximum Gasteiger partial charge on any atom is 0.277 e. The molecule has 0 spiro atoms. The number of hydrogen-bond donors (Lipinski definition) is 2. The smallest absolute Gasteiger partial charge is 0.277 e. The number of rotatable bonds is 10. The molecule has 8 heteroatoms. The molecule has 0 atom stereocenters. The van der Waals surface area contributed by atoms with Crippen molar-refractivity contribution in [1.29, 1.82) is 0 Å². The van der Waals surface area contributed by atoms with E-state index in [0.717, 1.165) is 5.75 Å². The monoisotopic (exact) mass is 399 g/mol. The van der Waals surface area contributed by atoms with Gasteiger partial charge in [-0.05, 0) is 62.4 Å². The van der Waals surface area contributed by atoms with Crippen LogP contribution < -0.4 is 25.0 Å². The maximum absolute atomic E-state index is 12.1. The molecule has 0 saturated carbocycles. The van der Waals surface area contributed by atoms with Crippen LogP contribution in [0.5, 0.6) is 17.2 Å². The quantitative estimate of drug-likeness (QED) is 0.473. The zero-order chi connectivity index (χ0) is 21.1. The van der Waals surface area contributed by atoms with Crippen LogP contribution in [0.1, 0.15) is 20.3 Å². The van der Waals surface area contributed by atoms with Crippen molar-refractivity contribution in [3.05, 3.63) is 48.5 Å². The van der Waals surface area contributed by atoms with Crippen molar-refractivity contribution < 1.29 is 23.8 Å². The highest BCUT2D eigenvalue weighted by molar-refractivity contribution is 6.05. The molecule has 0 bridgehead atoms. The molecule has 2 aromatic carbocycles. The van der Waals surface area contributed by atoms with Gasteiger partial charge in [0.15, 0.2) is 6.61 Å². The van der Waals surface area contributed by atoms with Crippen LogP contribution in [0.15, 0.2) is 53.6 Å². The molecule has 0 aliphatic rings. The summed E-state index contributed by atoms with van der Waals surface area (Å²) in [6.45, 7) is 3.95. The Bertz CT molecular complexity index is 832. The van der Waals surface area contributed by atoms with E-state index < -0.39 is 5.91 Å². The van der Waals surface area contributed by atoms with Gasteiger partial charge in [0.2, 0.25) is 5.91 Å². The number of carbonyl (C=O) groups is 2. The summed E-state index contributed by atoms with van der Waals surface area (Å²) in [7, 11) is 1.57. The number of methoxy groups -OCH3 is 1. The van der Waals surface area contributed by atoms with Gasteiger partial charge in [0.1, 0.15) is 17.2 Å². The Labute approximate surface area is 169 Å². The molecule has 0 aromatic heterocycles. The molecular weight excluding hydrogens is 374 g/mol. The van der Waals surface area contributed by atoms with Gasteiger partial charge in [-0.3, -0.25) is 9.59 Å². The fourth-order valence-corrected chi connectivity index (χ4v) is 2.29. The van der Waals surface area contributed by atoms with Crippen LogP contribution in [0.3, 0.4) is 0 Å². The van der Waals surface area contributed by atoms with E-state index in [9.17, 15) is 9.59 Å². The van der Waals surface area contributed by atoms with Crippen LogP contribution in [0.4, 0.5) is 5.69 Å². The fraction of sp³-hybridized carbons (Fsp3) is 0.286. The molecule has 0 aliphatic heterocycles. The highest BCUT2D eigenvalue weighted by Gasteiger charge is 2.07. The zero-order valence-corrected chi connectivity index (χ0v) is 16.7. The Hall–Kier alpha value is -3.55. The second-order valence-corrected chi connectivity index (χ2v) is 6.03. The average molecular weight is 399 g/mol. The summed E-state index contributed by atoms with van der Waals surface area (Å²) in [5.41, 5.74) is 3.49. The Kier molecular flexibility index (Phi) is 8.50. The van der Waals surface area contributed by atoms with Gasteiger partial charge in [-0.1, -0.05) is 0 Å². The number of hydrazone groups is 1. The number of ether oxygens (including phenoxy) is 3. The van der Waals surface area contributed by atoms with Crippen LogP contribution in [0.25, 0.3) is 0 Å². The number of amides is 2. The lowest BCUT2D eigenvalue weighted by atomic mass is 10.2. The van der Waals surface area contributed by atoms with E-state index in [4.69, 9.17) is 14.2 Å². The normalized spacial score (nSPS) is 10.8. The number of benzene rings is 2. The molecule has 29 heavy (non-hydrogen) atoms. The van der Waals surface area contributed by atoms with Crippen molar-refractivity contribution in [2.45, 2.75) is 20.3 Å². The summed E-state index contributed by atoms with van der Waals surface area (Å²) in [6, 6.07) is 13.9. The van der Waals surface area contributed by atoms with Crippen LogP contribution in [0, 0.1) is 0 Å². The van der Waals surface area contributed by atoms with Crippen molar-refractivity contribution in [2.24, 2.45) is 5.10 Å². The Morgan fingerprint density at radius 3 is 2.10 bits per heavy atom. The number of nitrogens with one attached hydrogen (secondary N) is 2. The van der Waals surface area contributed by atoms with Crippen LogP contribution in [-0.4, -0.2) is 37.8 Å². The van der Waals surface area contributed by atoms with Crippen molar-refractivity contribution in [3.8, 4) is 17.2 Å². The molecule has 2 N–H and O–H groups in total. The van der Waals surface area contributed by atoms with Gasteiger partial charge in [-0.15, -0.1) is 0 Å². The third-order valence-corrected chi connectivity index (χ3v) is 3.67. The zero-order valence-electron chi connectivity index (χ0n) is 16.7. The van der Waals surface area contributed by atoms with Crippen LogP contribution >= 0.6 is 0 Å². The Morgan fingerprint density at radius 2 is 1.48 bits per heavy atom. The summed E-state index contributed by atoms with van der Waals surface area (Å²) < 4.78 is 15.8. The first-order valence-corrected chi connectivity index (χ1v) is 9.11. The van der Waals surface area contributed by atoms with Crippen molar-refractivity contribution in [3.63, 3.8) is 0 Å². The molecule has 0 unspecified atom stereocenters. The number of carbonyl (C=O) groups excluding carboxylic acids is 2. The first-order valence-electron chi connectivity index (χ1n) is 9.11. The summed E-state index contributed by atoms with van der Waals surface area (Å²) in [6.07, 6.45) is 0.0484. The van der Waals surface area contributed by atoms with Gasteiger partial charge in [-0.25, -0.2) is 5.43 Å². The Balaban J connectivity index is 1.73. The van der Waals surface area contributed by atoms with E-state index >= 15 is 0 Å².